The lowest BCUT2D eigenvalue weighted by atomic mass is 9.89. The van der Waals surface area contributed by atoms with E-state index in [9.17, 15) is 9.59 Å². The number of likely N-dealkylation sites (tertiary alicyclic amines) is 1. The van der Waals surface area contributed by atoms with Crippen LogP contribution in [0, 0.1) is 13.8 Å². The molecule has 0 aliphatic carbocycles. The number of nitrogens with zero attached hydrogens (tertiary/aromatic N) is 5. The van der Waals surface area contributed by atoms with Crippen molar-refractivity contribution in [3.63, 3.8) is 0 Å². The Hall–Kier alpha value is -5.91. The monoisotopic (exact) mass is 752 g/mol. The number of benzene rings is 3. The molecule has 3 aromatic carbocycles. The van der Waals surface area contributed by atoms with E-state index in [1.807, 2.05) is 49.6 Å². The largest absolute Gasteiger partial charge is 0.480 e. The van der Waals surface area contributed by atoms with Gasteiger partial charge in [0.15, 0.2) is 11.5 Å². The van der Waals surface area contributed by atoms with Gasteiger partial charge in [0.1, 0.15) is 17.2 Å². The minimum absolute atomic E-state index is 0.145. The number of methoxy groups -OCH3 is 1. The van der Waals surface area contributed by atoms with E-state index in [-0.39, 0.29) is 36.9 Å². The molecular formula is C45H48N6O5. The first-order valence-corrected chi connectivity index (χ1v) is 19.0. The summed E-state index contributed by atoms with van der Waals surface area (Å²) in [6.45, 7) is 11.5. The second-order valence-electron chi connectivity index (χ2n) is 15.2. The van der Waals surface area contributed by atoms with E-state index in [4.69, 9.17) is 19.6 Å². The van der Waals surface area contributed by atoms with Crippen molar-refractivity contribution in [2.24, 2.45) is 0 Å². The summed E-state index contributed by atoms with van der Waals surface area (Å²) < 4.78 is 13.2. The summed E-state index contributed by atoms with van der Waals surface area (Å²) in [5, 5.41) is 20.9. The van der Waals surface area contributed by atoms with E-state index in [2.05, 4.69) is 94.9 Å². The predicted octanol–water partition coefficient (Wildman–Crippen LogP) is 7.45. The minimum atomic E-state index is -0.502. The summed E-state index contributed by atoms with van der Waals surface area (Å²) in [7, 11) is 1.49. The number of fused-ring (bicyclic) bond motifs is 1. The molecule has 0 saturated carbocycles. The summed E-state index contributed by atoms with van der Waals surface area (Å²) in [6.07, 6.45) is 3.82. The minimum Gasteiger partial charge on any atom is -0.480 e. The van der Waals surface area contributed by atoms with E-state index in [1.165, 1.54) is 7.11 Å². The molecule has 11 nitrogen and oxygen atoms in total. The molecule has 0 spiro atoms. The Kier molecular flexibility index (Phi) is 11.0. The number of aromatic nitrogens is 4. The molecule has 3 aromatic heterocycles. The molecule has 1 saturated heterocycles. The van der Waals surface area contributed by atoms with Crippen molar-refractivity contribution in [3.05, 3.63) is 113 Å². The molecule has 56 heavy (non-hydrogen) atoms. The molecule has 1 aliphatic rings. The van der Waals surface area contributed by atoms with Gasteiger partial charge in [0, 0.05) is 30.4 Å². The van der Waals surface area contributed by atoms with Crippen LogP contribution in [0.1, 0.15) is 60.7 Å². The SMILES string of the molecule is COc1nc(-c2cccc(-c3cccc(-c4ccn5c(-c6ccc(CN7CCC[C@@H]7C(=O)OC(C)(C)C)cc6)nnc5c4)c3C)c2C)ccc1C(=O)NCCO. The van der Waals surface area contributed by atoms with Crippen molar-refractivity contribution >= 4 is 17.5 Å². The lowest BCUT2D eigenvalue weighted by Gasteiger charge is -2.27. The van der Waals surface area contributed by atoms with Gasteiger partial charge in [-0.15, -0.1) is 10.2 Å². The maximum absolute atomic E-state index is 12.8. The number of ether oxygens (including phenoxy) is 2. The zero-order chi connectivity index (χ0) is 39.6. The highest BCUT2D eigenvalue weighted by molar-refractivity contribution is 5.97. The third-order valence-electron chi connectivity index (χ3n) is 10.3. The second kappa shape index (κ2) is 16.1. The Morgan fingerprint density at radius 3 is 2.27 bits per heavy atom. The topological polar surface area (TPSA) is 131 Å². The van der Waals surface area contributed by atoms with E-state index >= 15 is 0 Å². The zero-order valence-electron chi connectivity index (χ0n) is 32.8. The molecule has 6 aromatic rings. The highest BCUT2D eigenvalue weighted by Gasteiger charge is 2.34. The summed E-state index contributed by atoms with van der Waals surface area (Å²) in [5.41, 5.74) is 10.7. The highest BCUT2D eigenvalue weighted by atomic mass is 16.6. The Morgan fingerprint density at radius 2 is 1.57 bits per heavy atom. The zero-order valence-corrected chi connectivity index (χ0v) is 32.8. The van der Waals surface area contributed by atoms with Crippen LogP contribution in [-0.4, -0.2) is 79.9 Å². The smallest absolute Gasteiger partial charge is 0.323 e. The van der Waals surface area contributed by atoms with Crippen molar-refractivity contribution in [1.29, 1.82) is 0 Å². The number of hydrogen-bond acceptors (Lipinski definition) is 9. The maximum atomic E-state index is 12.8. The molecule has 1 fully saturated rings. The maximum Gasteiger partial charge on any atom is 0.323 e. The van der Waals surface area contributed by atoms with Crippen LogP contribution in [0.15, 0.2) is 91.1 Å². The molecular weight excluding hydrogens is 705 g/mol. The van der Waals surface area contributed by atoms with Gasteiger partial charge in [0.25, 0.3) is 5.91 Å². The summed E-state index contributed by atoms with van der Waals surface area (Å²) in [4.78, 5) is 32.4. The molecule has 0 bridgehead atoms. The van der Waals surface area contributed by atoms with E-state index in [0.29, 0.717) is 17.8 Å². The van der Waals surface area contributed by atoms with Crippen LogP contribution in [0.5, 0.6) is 5.88 Å². The van der Waals surface area contributed by atoms with Gasteiger partial charge in [-0.3, -0.25) is 18.9 Å². The predicted molar refractivity (Wildman–Crippen MR) is 217 cm³/mol. The van der Waals surface area contributed by atoms with Gasteiger partial charge in [0.05, 0.1) is 19.4 Å². The van der Waals surface area contributed by atoms with Crippen molar-refractivity contribution in [1.82, 2.24) is 29.8 Å². The number of aliphatic hydroxyl groups is 1. The van der Waals surface area contributed by atoms with Crippen LogP contribution in [-0.2, 0) is 16.1 Å². The molecule has 1 atom stereocenters. The average Bonchev–Trinajstić information content (AvgIpc) is 3.84. The first-order chi connectivity index (χ1) is 27.0. The van der Waals surface area contributed by atoms with Crippen LogP contribution < -0.4 is 10.1 Å². The van der Waals surface area contributed by atoms with Gasteiger partial charge in [-0.25, -0.2) is 4.98 Å². The molecule has 11 heteroatoms. The van der Waals surface area contributed by atoms with Gasteiger partial charge in [0.2, 0.25) is 5.88 Å². The fraction of sp³-hybridized carbons (Fsp3) is 0.311. The number of hydrogen-bond donors (Lipinski definition) is 2. The van der Waals surface area contributed by atoms with Crippen molar-refractivity contribution in [2.75, 3.05) is 26.8 Å². The van der Waals surface area contributed by atoms with Gasteiger partial charge in [-0.2, -0.15) is 0 Å². The number of pyridine rings is 2. The second-order valence-corrected chi connectivity index (χ2v) is 15.2. The average molecular weight is 753 g/mol. The number of esters is 1. The molecule has 1 aliphatic heterocycles. The summed E-state index contributed by atoms with van der Waals surface area (Å²) in [5.74, 6) is 0.478. The van der Waals surface area contributed by atoms with Crippen LogP contribution >= 0.6 is 0 Å². The number of carbonyl (C=O) groups is 2. The van der Waals surface area contributed by atoms with Crippen LogP contribution in [0.25, 0.3) is 50.5 Å². The summed E-state index contributed by atoms with van der Waals surface area (Å²) >= 11 is 0. The molecule has 0 unspecified atom stereocenters. The quantitative estimate of drug-likeness (QED) is 0.130. The van der Waals surface area contributed by atoms with E-state index in [0.717, 1.165) is 80.9 Å². The lowest BCUT2D eigenvalue weighted by molar-refractivity contribution is -0.160. The van der Waals surface area contributed by atoms with Crippen molar-refractivity contribution < 1.29 is 24.2 Å². The first kappa shape index (κ1) is 38.4. The molecule has 4 heterocycles. The summed E-state index contributed by atoms with van der Waals surface area (Å²) in [6, 6.07) is 28.3. The fourth-order valence-electron chi connectivity index (χ4n) is 7.53. The normalized spacial score (nSPS) is 14.6. The van der Waals surface area contributed by atoms with E-state index < -0.39 is 5.60 Å². The van der Waals surface area contributed by atoms with Gasteiger partial charge >= 0.3 is 5.97 Å². The van der Waals surface area contributed by atoms with Crippen LogP contribution in [0.3, 0.4) is 0 Å². The lowest BCUT2D eigenvalue weighted by Crippen LogP contribution is -2.40. The third-order valence-corrected chi connectivity index (χ3v) is 10.3. The number of nitrogens with one attached hydrogen (secondary N) is 1. The first-order valence-electron chi connectivity index (χ1n) is 19.0. The molecule has 2 N–H and O–H groups in total. The Bertz CT molecular complexity index is 2400. The standard InChI is InChI=1S/C45H48N6O5/c1-28-33(10-7-11-34(28)35-12-8-13-36(29(35)2)38-20-19-37(43(47-38)55-6)42(53)46-22-25-52)32-21-24-51-40(26-32)48-49-41(51)31-17-15-30(16-18-31)27-50-23-9-14-39(50)44(54)56-45(3,4)5/h7-8,10-13,15-21,24,26,39,52H,9,14,22-23,25,27H2,1-6H3,(H,46,53)/t39-/m1/s1. The van der Waals surface area contributed by atoms with Crippen molar-refractivity contribution in [3.8, 4) is 50.8 Å². The van der Waals surface area contributed by atoms with Gasteiger partial charge < -0.3 is 19.9 Å². The number of rotatable bonds is 11. The van der Waals surface area contributed by atoms with Crippen LogP contribution in [0.4, 0.5) is 0 Å². The Labute approximate surface area is 327 Å². The van der Waals surface area contributed by atoms with Crippen molar-refractivity contribution in [2.45, 2.75) is 65.6 Å². The Balaban J connectivity index is 1.12. The fourth-order valence-corrected chi connectivity index (χ4v) is 7.53. The molecule has 1 amide bonds. The molecule has 7 rings (SSSR count). The van der Waals surface area contributed by atoms with Crippen LogP contribution in [0.2, 0.25) is 0 Å². The highest BCUT2D eigenvalue weighted by Crippen LogP contribution is 2.37. The van der Waals surface area contributed by atoms with Gasteiger partial charge in [-0.05, 0) is 117 Å². The molecule has 0 radical (unpaired) electrons. The van der Waals surface area contributed by atoms with Gasteiger partial charge in [-0.1, -0.05) is 60.7 Å². The number of amides is 1. The number of aliphatic hydroxyl groups excluding tert-OH is 1. The Morgan fingerprint density at radius 1 is 0.875 bits per heavy atom. The number of carbonyl (C=O) groups excluding carboxylic acids is 2. The third kappa shape index (κ3) is 7.91. The van der Waals surface area contributed by atoms with E-state index in [1.54, 1.807) is 6.07 Å². The molecule has 288 valence electrons.